The van der Waals surface area contributed by atoms with Crippen molar-refractivity contribution in [3.8, 4) is 0 Å². The van der Waals surface area contributed by atoms with Gasteiger partial charge in [0.15, 0.2) is 18.7 Å². The van der Waals surface area contributed by atoms with E-state index in [1.165, 1.54) is 0 Å². The Morgan fingerprint density at radius 2 is 1.07 bits per heavy atom. The van der Waals surface area contributed by atoms with Crippen LogP contribution in [-0.4, -0.2) is 142 Å². The minimum absolute atomic E-state index is 0.136. The summed E-state index contributed by atoms with van der Waals surface area (Å²) in [5, 5.41) is 71.8. The molecule has 0 aromatic carbocycles. The van der Waals surface area contributed by atoms with Crippen LogP contribution in [0.2, 0.25) is 0 Å². The Bertz CT molecular complexity index is 1300. The van der Waals surface area contributed by atoms with Crippen LogP contribution in [0.4, 0.5) is 0 Å². The van der Waals surface area contributed by atoms with Gasteiger partial charge in [-0.05, 0) is 57.8 Å². The molecule has 61 heavy (non-hydrogen) atoms. The molecule has 2 fully saturated rings. The fraction of sp³-hybridized carbons (Fsp3) is 0.739. The molecule has 7 N–H and O–H groups in total. The molecular weight excluding hydrogens is 792 g/mol. The Hall–Kier alpha value is -2.80. The van der Waals surface area contributed by atoms with Crippen molar-refractivity contribution in [1.29, 1.82) is 0 Å². The zero-order valence-corrected chi connectivity index (χ0v) is 36.4. The topological polar surface area (TPSA) is 231 Å². The minimum Gasteiger partial charge on any atom is -0.462 e. The molecule has 2 rings (SSSR count). The van der Waals surface area contributed by atoms with E-state index >= 15 is 0 Å². The number of aliphatic hydroxyl groups is 7. The molecule has 5 unspecified atom stereocenters. The molecule has 0 bridgehead atoms. The molecule has 0 aromatic rings. The van der Waals surface area contributed by atoms with Crippen molar-refractivity contribution in [3.05, 3.63) is 60.8 Å². The number of unbranched alkanes of at least 4 members (excludes halogenated alkanes) is 10. The lowest BCUT2D eigenvalue weighted by molar-refractivity contribution is -0.332. The third-order valence-electron chi connectivity index (χ3n) is 10.3. The molecule has 2 saturated heterocycles. The maximum Gasteiger partial charge on any atom is 0.306 e. The van der Waals surface area contributed by atoms with Crippen LogP contribution in [0.15, 0.2) is 60.8 Å². The summed E-state index contributed by atoms with van der Waals surface area (Å²) in [7, 11) is 0. The maximum atomic E-state index is 12.9. The fourth-order valence-corrected chi connectivity index (χ4v) is 6.60. The quantitative estimate of drug-likeness (QED) is 0.0213. The molecule has 0 radical (unpaired) electrons. The number of allylic oxidation sites excluding steroid dienone is 10. The van der Waals surface area contributed by atoms with Crippen LogP contribution in [0.3, 0.4) is 0 Å². The lowest BCUT2D eigenvalue weighted by Crippen LogP contribution is -2.61. The largest absolute Gasteiger partial charge is 0.462 e. The van der Waals surface area contributed by atoms with Gasteiger partial charge in [-0.2, -0.15) is 0 Å². The molecule has 0 spiro atoms. The van der Waals surface area contributed by atoms with Crippen LogP contribution in [0.25, 0.3) is 0 Å². The van der Waals surface area contributed by atoms with E-state index in [9.17, 15) is 45.3 Å². The van der Waals surface area contributed by atoms with Gasteiger partial charge in [0.1, 0.15) is 55.4 Å². The molecule has 0 aliphatic carbocycles. The van der Waals surface area contributed by atoms with E-state index in [1.54, 1.807) is 0 Å². The van der Waals surface area contributed by atoms with Gasteiger partial charge >= 0.3 is 11.9 Å². The molecule has 0 saturated carbocycles. The van der Waals surface area contributed by atoms with Crippen LogP contribution in [0.1, 0.15) is 123 Å². The summed E-state index contributed by atoms with van der Waals surface area (Å²) in [6.07, 6.45) is 18.4. The van der Waals surface area contributed by atoms with E-state index in [1.807, 2.05) is 24.3 Å². The number of aliphatic hydroxyl groups excluding tert-OH is 7. The van der Waals surface area contributed by atoms with Crippen molar-refractivity contribution in [3.63, 3.8) is 0 Å². The molecule has 2 aliphatic rings. The van der Waals surface area contributed by atoms with E-state index in [0.717, 1.165) is 83.5 Å². The number of rotatable bonds is 32. The molecule has 350 valence electrons. The Balaban J connectivity index is 1.88. The summed E-state index contributed by atoms with van der Waals surface area (Å²) in [5.74, 6) is -0.976. The summed E-state index contributed by atoms with van der Waals surface area (Å²) < 4.78 is 33.4. The van der Waals surface area contributed by atoms with E-state index in [-0.39, 0.29) is 19.4 Å². The van der Waals surface area contributed by atoms with Gasteiger partial charge in [-0.1, -0.05) is 113 Å². The van der Waals surface area contributed by atoms with Crippen LogP contribution < -0.4 is 0 Å². The van der Waals surface area contributed by atoms with Gasteiger partial charge in [0.05, 0.1) is 19.8 Å². The Morgan fingerprint density at radius 1 is 0.541 bits per heavy atom. The highest BCUT2D eigenvalue weighted by Gasteiger charge is 2.47. The second-order valence-corrected chi connectivity index (χ2v) is 15.5. The van der Waals surface area contributed by atoms with E-state index in [4.69, 9.17) is 28.4 Å². The number of carbonyl (C=O) groups is 2. The Kier molecular flexibility index (Phi) is 30.0. The van der Waals surface area contributed by atoms with Crippen molar-refractivity contribution in [2.24, 2.45) is 0 Å². The van der Waals surface area contributed by atoms with Gasteiger partial charge in [-0.3, -0.25) is 9.59 Å². The van der Waals surface area contributed by atoms with Crippen molar-refractivity contribution in [1.82, 2.24) is 0 Å². The molecule has 2 aliphatic heterocycles. The number of hydrogen-bond acceptors (Lipinski definition) is 15. The summed E-state index contributed by atoms with van der Waals surface area (Å²) in [6.45, 7) is 2.26. The Morgan fingerprint density at radius 3 is 1.70 bits per heavy atom. The molecule has 15 nitrogen and oxygen atoms in total. The van der Waals surface area contributed by atoms with Gasteiger partial charge in [-0.15, -0.1) is 0 Å². The zero-order chi connectivity index (χ0) is 44.7. The highest BCUT2D eigenvalue weighted by Crippen LogP contribution is 2.26. The van der Waals surface area contributed by atoms with Crippen LogP contribution in [-0.2, 0) is 38.0 Å². The van der Waals surface area contributed by atoms with Crippen LogP contribution in [0.5, 0.6) is 0 Å². The van der Waals surface area contributed by atoms with Gasteiger partial charge < -0.3 is 64.2 Å². The average Bonchev–Trinajstić information content (AvgIpc) is 3.25. The fourth-order valence-electron chi connectivity index (χ4n) is 6.60. The minimum atomic E-state index is -1.77. The lowest BCUT2D eigenvalue weighted by atomic mass is 9.98. The van der Waals surface area contributed by atoms with E-state index in [2.05, 4.69) is 50.3 Å². The first-order valence-corrected chi connectivity index (χ1v) is 22.4. The second-order valence-electron chi connectivity index (χ2n) is 15.5. The SMILES string of the molecule is CC/C=C/C=C/C=C/CCCCCCCC(=O)OC(COC(=O)CCCCCCC/C=C/C/C=C/CC)CO[C@@H]1O[C@H](CO[C@@H]2O[C@H](CO)[C@H](O)C(O)C2O)[C@H](O)C(O)C1O. The van der Waals surface area contributed by atoms with Crippen molar-refractivity contribution in [2.75, 3.05) is 26.4 Å². The molecular formula is C46H76O15. The zero-order valence-electron chi connectivity index (χ0n) is 36.4. The first kappa shape index (κ1) is 54.3. The van der Waals surface area contributed by atoms with Crippen LogP contribution >= 0.6 is 0 Å². The Labute approximate surface area is 362 Å². The van der Waals surface area contributed by atoms with Crippen molar-refractivity contribution >= 4 is 11.9 Å². The predicted octanol–water partition coefficient (Wildman–Crippen LogP) is 4.53. The standard InChI is InChI=1S/C46H76O15/c1-3-5-7-9-11-13-15-17-19-21-23-25-27-29-38(49)59-34(31-56-37(48)28-26-24-22-20-18-16-14-12-10-8-6-4-2)32-57-45-44(55)42(53)40(51)36(61-45)33-58-46-43(54)41(52)39(50)35(30-47)60-46/h5-9,11-15,34-36,39-47,50-55H,3-4,10,16-33H2,1-2H3/b7-5+,8-6+,11-9+,14-12+,15-13+/t34?,35-,36-,39+,40+,41?,42?,43?,44?,45-,46-/m1/s1. The summed E-state index contributed by atoms with van der Waals surface area (Å²) in [6, 6.07) is 0. The molecule has 11 atom stereocenters. The molecule has 2 heterocycles. The second kappa shape index (κ2) is 33.7. The first-order valence-electron chi connectivity index (χ1n) is 22.4. The lowest BCUT2D eigenvalue weighted by Gasteiger charge is -2.42. The smallest absolute Gasteiger partial charge is 0.306 e. The van der Waals surface area contributed by atoms with Gasteiger partial charge in [0.2, 0.25) is 0 Å². The maximum absolute atomic E-state index is 12.9. The van der Waals surface area contributed by atoms with Gasteiger partial charge in [0, 0.05) is 12.8 Å². The first-order chi connectivity index (χ1) is 29.5. The average molecular weight is 869 g/mol. The van der Waals surface area contributed by atoms with Crippen LogP contribution in [0, 0.1) is 0 Å². The van der Waals surface area contributed by atoms with Gasteiger partial charge in [0.25, 0.3) is 0 Å². The monoisotopic (exact) mass is 869 g/mol. The number of esters is 2. The summed E-state index contributed by atoms with van der Waals surface area (Å²) in [4.78, 5) is 25.6. The normalized spacial score (nSPS) is 27.9. The highest BCUT2D eigenvalue weighted by atomic mass is 16.7. The number of ether oxygens (including phenoxy) is 6. The van der Waals surface area contributed by atoms with Crippen molar-refractivity contribution < 1.29 is 73.8 Å². The van der Waals surface area contributed by atoms with E-state index in [0.29, 0.717) is 12.8 Å². The summed E-state index contributed by atoms with van der Waals surface area (Å²) >= 11 is 0. The third-order valence-corrected chi connectivity index (χ3v) is 10.3. The predicted molar refractivity (Wildman–Crippen MR) is 229 cm³/mol. The van der Waals surface area contributed by atoms with E-state index < -0.39 is 99.3 Å². The summed E-state index contributed by atoms with van der Waals surface area (Å²) in [5.41, 5.74) is 0. The third kappa shape index (κ3) is 22.9. The van der Waals surface area contributed by atoms with Crippen molar-refractivity contribution in [2.45, 2.75) is 191 Å². The molecule has 0 aromatic heterocycles. The number of carbonyl (C=O) groups excluding carboxylic acids is 2. The molecule has 0 amide bonds. The number of hydrogen-bond donors (Lipinski definition) is 7. The van der Waals surface area contributed by atoms with Gasteiger partial charge in [-0.25, -0.2) is 0 Å². The molecule has 15 heteroatoms. The highest BCUT2D eigenvalue weighted by molar-refractivity contribution is 5.70.